The van der Waals surface area contributed by atoms with Crippen molar-refractivity contribution in [1.29, 1.82) is 0 Å². The largest absolute Gasteiger partial charge is 0.496 e. The minimum atomic E-state index is -0.175. The van der Waals surface area contributed by atoms with Crippen LogP contribution < -0.4 is 14.8 Å². The third-order valence-corrected chi connectivity index (χ3v) is 4.18. The fraction of sp³-hybridized carbons (Fsp3) is 0.125. The predicted molar refractivity (Wildman–Crippen MR) is 112 cm³/mol. The maximum Gasteiger partial charge on any atom is 0.244 e. The van der Waals surface area contributed by atoms with Gasteiger partial charge in [0.15, 0.2) is 0 Å². The summed E-state index contributed by atoms with van der Waals surface area (Å²) < 4.78 is 11.2. The summed E-state index contributed by atoms with van der Waals surface area (Å²) in [7, 11) is 1.61. The van der Waals surface area contributed by atoms with Gasteiger partial charge < -0.3 is 14.8 Å². The van der Waals surface area contributed by atoms with Gasteiger partial charge in [-0.1, -0.05) is 66.7 Å². The van der Waals surface area contributed by atoms with Crippen molar-refractivity contribution in [1.82, 2.24) is 5.32 Å². The molecular formula is C24H23NO3. The molecule has 1 amide bonds. The molecule has 0 bridgehead atoms. The van der Waals surface area contributed by atoms with Crippen LogP contribution in [0.5, 0.6) is 11.5 Å². The second-order valence-electron chi connectivity index (χ2n) is 6.08. The Hall–Kier alpha value is -3.53. The molecule has 0 aliphatic carbocycles. The molecule has 0 fully saturated rings. The van der Waals surface area contributed by atoms with Crippen LogP contribution in [0.1, 0.15) is 5.56 Å². The summed E-state index contributed by atoms with van der Waals surface area (Å²) in [5.74, 6) is 1.35. The number of amides is 1. The number of carbonyl (C=O) groups is 1. The van der Waals surface area contributed by atoms with E-state index in [1.54, 1.807) is 13.2 Å². The summed E-state index contributed by atoms with van der Waals surface area (Å²) in [5, 5.41) is 2.83. The molecule has 0 aliphatic rings. The van der Waals surface area contributed by atoms with Crippen molar-refractivity contribution in [2.45, 2.75) is 0 Å². The third kappa shape index (κ3) is 5.24. The fourth-order valence-corrected chi connectivity index (χ4v) is 2.81. The number of para-hydroxylation sites is 2. The third-order valence-electron chi connectivity index (χ3n) is 4.18. The van der Waals surface area contributed by atoms with Crippen molar-refractivity contribution in [3.8, 4) is 22.6 Å². The molecule has 0 saturated carbocycles. The zero-order chi connectivity index (χ0) is 19.6. The Morgan fingerprint density at radius 1 is 0.893 bits per heavy atom. The Bertz CT molecular complexity index is 935. The van der Waals surface area contributed by atoms with Gasteiger partial charge in [0, 0.05) is 17.2 Å². The van der Waals surface area contributed by atoms with Crippen LogP contribution in [0.2, 0.25) is 0 Å². The second kappa shape index (κ2) is 9.97. The van der Waals surface area contributed by atoms with Gasteiger partial charge in [-0.3, -0.25) is 4.79 Å². The summed E-state index contributed by atoms with van der Waals surface area (Å²) in [5.41, 5.74) is 2.99. The van der Waals surface area contributed by atoms with Gasteiger partial charge in [-0.25, -0.2) is 0 Å². The van der Waals surface area contributed by atoms with Gasteiger partial charge in [0.05, 0.1) is 13.7 Å². The molecule has 142 valence electrons. The summed E-state index contributed by atoms with van der Waals surface area (Å²) in [6.45, 7) is 0.802. The van der Waals surface area contributed by atoms with E-state index in [1.807, 2.05) is 78.9 Å². The highest BCUT2D eigenvalue weighted by atomic mass is 16.5. The Kier molecular flexibility index (Phi) is 6.85. The lowest BCUT2D eigenvalue weighted by atomic mass is 10.1. The van der Waals surface area contributed by atoms with Crippen LogP contribution >= 0.6 is 0 Å². The van der Waals surface area contributed by atoms with Gasteiger partial charge in [0.2, 0.25) is 5.91 Å². The predicted octanol–water partition coefficient (Wildman–Crippen LogP) is 4.57. The topological polar surface area (TPSA) is 47.6 Å². The van der Waals surface area contributed by atoms with Crippen molar-refractivity contribution >= 4 is 12.0 Å². The number of rotatable bonds is 8. The quantitative estimate of drug-likeness (QED) is 0.465. The number of carbonyl (C=O) groups excluding carboxylic acids is 1. The normalized spacial score (nSPS) is 10.6. The van der Waals surface area contributed by atoms with E-state index >= 15 is 0 Å². The first kappa shape index (κ1) is 19.2. The van der Waals surface area contributed by atoms with E-state index in [9.17, 15) is 4.79 Å². The van der Waals surface area contributed by atoms with Gasteiger partial charge in [0.25, 0.3) is 0 Å². The standard InChI is InChI=1S/C24H23NO3/c1-27-22-13-7-5-11-20(22)15-16-24(26)25-17-18-28-23-14-8-6-12-21(23)19-9-3-2-4-10-19/h2-16H,17-18H2,1H3,(H,25,26)/b16-15+. The summed E-state index contributed by atoms with van der Waals surface area (Å²) in [6, 6.07) is 25.5. The van der Waals surface area contributed by atoms with E-state index in [1.165, 1.54) is 6.08 Å². The van der Waals surface area contributed by atoms with Crippen molar-refractivity contribution in [2.24, 2.45) is 0 Å². The molecule has 3 rings (SSSR count). The lowest BCUT2D eigenvalue weighted by Crippen LogP contribution is -2.26. The van der Waals surface area contributed by atoms with Gasteiger partial charge in [-0.15, -0.1) is 0 Å². The number of ether oxygens (including phenoxy) is 2. The van der Waals surface area contributed by atoms with E-state index in [2.05, 4.69) is 5.32 Å². The smallest absolute Gasteiger partial charge is 0.244 e. The van der Waals surface area contributed by atoms with Crippen LogP contribution in [0.3, 0.4) is 0 Å². The molecule has 0 spiro atoms. The first-order valence-electron chi connectivity index (χ1n) is 9.14. The fourth-order valence-electron chi connectivity index (χ4n) is 2.81. The van der Waals surface area contributed by atoms with Crippen LogP contribution in [0.15, 0.2) is 84.9 Å². The highest BCUT2D eigenvalue weighted by Gasteiger charge is 2.05. The molecule has 3 aromatic rings. The Morgan fingerprint density at radius 3 is 2.36 bits per heavy atom. The first-order valence-corrected chi connectivity index (χ1v) is 9.14. The van der Waals surface area contributed by atoms with Crippen molar-refractivity contribution in [2.75, 3.05) is 20.3 Å². The number of nitrogens with one attached hydrogen (secondary N) is 1. The lowest BCUT2D eigenvalue weighted by molar-refractivity contribution is -0.116. The molecular weight excluding hydrogens is 350 g/mol. The average molecular weight is 373 g/mol. The Labute approximate surface area is 165 Å². The molecule has 0 aliphatic heterocycles. The molecule has 0 saturated heterocycles. The average Bonchev–Trinajstić information content (AvgIpc) is 2.76. The molecule has 28 heavy (non-hydrogen) atoms. The molecule has 0 aromatic heterocycles. The van der Waals surface area contributed by atoms with E-state index in [-0.39, 0.29) is 5.91 Å². The van der Waals surface area contributed by atoms with Gasteiger partial charge in [0.1, 0.15) is 18.1 Å². The van der Waals surface area contributed by atoms with Crippen molar-refractivity contribution in [3.63, 3.8) is 0 Å². The van der Waals surface area contributed by atoms with Crippen LogP contribution in [0, 0.1) is 0 Å². The SMILES string of the molecule is COc1ccccc1/C=C/C(=O)NCCOc1ccccc1-c1ccccc1. The summed E-state index contributed by atoms with van der Waals surface area (Å²) >= 11 is 0. The van der Waals surface area contributed by atoms with Crippen LogP contribution in [0.25, 0.3) is 17.2 Å². The van der Waals surface area contributed by atoms with Crippen LogP contribution in [-0.4, -0.2) is 26.2 Å². The zero-order valence-corrected chi connectivity index (χ0v) is 15.8. The number of benzene rings is 3. The van der Waals surface area contributed by atoms with Crippen LogP contribution in [0.4, 0.5) is 0 Å². The van der Waals surface area contributed by atoms with E-state index in [4.69, 9.17) is 9.47 Å². The Morgan fingerprint density at radius 2 is 1.57 bits per heavy atom. The number of hydrogen-bond donors (Lipinski definition) is 1. The summed E-state index contributed by atoms with van der Waals surface area (Å²) in [6.07, 6.45) is 3.23. The Balaban J connectivity index is 1.51. The van der Waals surface area contributed by atoms with E-state index in [0.717, 1.165) is 28.2 Å². The number of hydrogen-bond acceptors (Lipinski definition) is 3. The van der Waals surface area contributed by atoms with Crippen molar-refractivity contribution in [3.05, 3.63) is 90.5 Å². The first-order chi connectivity index (χ1) is 13.8. The van der Waals surface area contributed by atoms with E-state index in [0.29, 0.717) is 13.2 Å². The molecule has 3 aromatic carbocycles. The van der Waals surface area contributed by atoms with Gasteiger partial charge in [-0.2, -0.15) is 0 Å². The minimum absolute atomic E-state index is 0.175. The van der Waals surface area contributed by atoms with Gasteiger partial charge in [-0.05, 0) is 23.8 Å². The highest BCUT2D eigenvalue weighted by Crippen LogP contribution is 2.29. The molecule has 0 heterocycles. The minimum Gasteiger partial charge on any atom is -0.496 e. The zero-order valence-electron chi connectivity index (χ0n) is 15.8. The summed E-state index contributed by atoms with van der Waals surface area (Å²) in [4.78, 5) is 12.0. The number of methoxy groups -OCH3 is 1. The molecule has 0 radical (unpaired) electrons. The van der Waals surface area contributed by atoms with E-state index < -0.39 is 0 Å². The molecule has 4 nitrogen and oxygen atoms in total. The monoisotopic (exact) mass is 373 g/mol. The van der Waals surface area contributed by atoms with Crippen LogP contribution in [-0.2, 0) is 4.79 Å². The highest BCUT2D eigenvalue weighted by molar-refractivity contribution is 5.92. The molecule has 4 heteroatoms. The molecule has 0 atom stereocenters. The van der Waals surface area contributed by atoms with Gasteiger partial charge >= 0.3 is 0 Å². The maximum absolute atomic E-state index is 12.0. The molecule has 0 unspecified atom stereocenters. The second-order valence-corrected chi connectivity index (χ2v) is 6.08. The lowest BCUT2D eigenvalue weighted by Gasteiger charge is -2.11. The van der Waals surface area contributed by atoms with Crippen molar-refractivity contribution < 1.29 is 14.3 Å². The molecule has 1 N–H and O–H groups in total. The maximum atomic E-state index is 12.0.